The van der Waals surface area contributed by atoms with Crippen LogP contribution in [0.5, 0.6) is 0 Å². The molecule has 2 aromatic carbocycles. The van der Waals surface area contributed by atoms with Crippen molar-refractivity contribution in [1.29, 1.82) is 0 Å². The number of morpholine rings is 1. The first-order valence-corrected chi connectivity index (χ1v) is 9.84. The number of hydrogen-bond donors (Lipinski definition) is 3. The fourth-order valence-electron chi connectivity index (χ4n) is 3.35. The SMILES string of the molecule is C[C@@]1(c2cccc(C(=O)O)c2)CO[C@H](C(O)(Cc2ccccc2)[PH2]=O)CN1. The van der Waals surface area contributed by atoms with Gasteiger partial charge in [-0.25, -0.2) is 4.79 Å². The van der Waals surface area contributed by atoms with Gasteiger partial charge >= 0.3 is 5.97 Å². The zero-order chi connectivity index (χ0) is 19.5. The molecule has 0 saturated carbocycles. The Balaban J connectivity index is 1.74. The maximum absolute atomic E-state index is 11.9. The molecule has 1 aliphatic rings. The Hall–Kier alpha value is -1.98. The Morgan fingerprint density at radius 1 is 1.30 bits per heavy atom. The van der Waals surface area contributed by atoms with Crippen LogP contribution in [0.2, 0.25) is 0 Å². The Bertz CT molecular complexity index is 820. The number of benzene rings is 2. The van der Waals surface area contributed by atoms with Crippen LogP contribution in [0.25, 0.3) is 0 Å². The largest absolute Gasteiger partial charge is 0.478 e. The molecule has 3 rings (SSSR count). The Morgan fingerprint density at radius 2 is 2.04 bits per heavy atom. The van der Waals surface area contributed by atoms with Crippen molar-refractivity contribution in [1.82, 2.24) is 5.32 Å². The van der Waals surface area contributed by atoms with Crippen molar-refractivity contribution < 1.29 is 24.3 Å². The molecule has 1 fully saturated rings. The zero-order valence-corrected chi connectivity index (χ0v) is 16.2. The Morgan fingerprint density at radius 3 is 2.63 bits per heavy atom. The van der Waals surface area contributed by atoms with Crippen LogP contribution in [0.3, 0.4) is 0 Å². The van der Waals surface area contributed by atoms with Crippen LogP contribution in [0.15, 0.2) is 54.6 Å². The average Bonchev–Trinajstić information content (AvgIpc) is 2.69. The highest BCUT2D eigenvalue weighted by molar-refractivity contribution is 7.25. The fourth-order valence-corrected chi connectivity index (χ4v) is 4.04. The van der Waals surface area contributed by atoms with E-state index in [0.717, 1.165) is 11.1 Å². The average molecular weight is 389 g/mol. The molecule has 144 valence electrons. The van der Waals surface area contributed by atoms with Crippen LogP contribution < -0.4 is 5.32 Å². The van der Waals surface area contributed by atoms with E-state index >= 15 is 0 Å². The molecule has 6 nitrogen and oxygen atoms in total. The van der Waals surface area contributed by atoms with Crippen molar-refractivity contribution in [2.24, 2.45) is 0 Å². The third-order valence-electron chi connectivity index (χ3n) is 5.09. The normalized spacial score (nSPS) is 25.3. The number of hydrogen-bond acceptors (Lipinski definition) is 5. The molecule has 1 heterocycles. The van der Waals surface area contributed by atoms with Crippen LogP contribution in [0.1, 0.15) is 28.4 Å². The van der Waals surface area contributed by atoms with Crippen molar-refractivity contribution in [3.05, 3.63) is 71.3 Å². The molecule has 0 amide bonds. The molecule has 0 aromatic heterocycles. The van der Waals surface area contributed by atoms with E-state index in [-0.39, 0.29) is 18.6 Å². The number of rotatable bonds is 6. The van der Waals surface area contributed by atoms with Gasteiger partial charge in [-0.3, -0.25) is 0 Å². The second-order valence-corrected chi connectivity index (χ2v) is 8.41. The number of carbonyl (C=O) groups is 1. The van der Waals surface area contributed by atoms with E-state index in [2.05, 4.69) is 5.32 Å². The second kappa shape index (κ2) is 7.95. The maximum atomic E-state index is 11.9. The van der Waals surface area contributed by atoms with Gasteiger partial charge in [0.2, 0.25) is 0 Å². The topological polar surface area (TPSA) is 95.9 Å². The molecule has 3 N–H and O–H groups in total. The molecule has 1 aliphatic heterocycles. The molecule has 7 heteroatoms. The smallest absolute Gasteiger partial charge is 0.335 e. The summed E-state index contributed by atoms with van der Waals surface area (Å²) < 4.78 is 17.8. The van der Waals surface area contributed by atoms with Gasteiger partial charge in [0, 0.05) is 13.0 Å². The van der Waals surface area contributed by atoms with Crippen LogP contribution in [0, 0.1) is 0 Å². The second-order valence-electron chi connectivity index (χ2n) is 7.17. The number of aromatic carboxylic acids is 1. The van der Waals surface area contributed by atoms with Gasteiger partial charge in [-0.15, -0.1) is 0 Å². The summed E-state index contributed by atoms with van der Waals surface area (Å²) in [6, 6.07) is 16.1. The van der Waals surface area contributed by atoms with Gasteiger partial charge in [0.1, 0.15) is 11.4 Å². The third kappa shape index (κ3) is 4.30. The summed E-state index contributed by atoms with van der Waals surface area (Å²) in [5.41, 5.74) is 1.31. The summed E-state index contributed by atoms with van der Waals surface area (Å²) in [6.45, 7) is 2.47. The summed E-state index contributed by atoms with van der Waals surface area (Å²) in [4.78, 5) is 11.2. The molecular formula is C20H24NO5P. The first-order chi connectivity index (χ1) is 12.9. The predicted molar refractivity (Wildman–Crippen MR) is 104 cm³/mol. The number of carboxylic acids is 1. The van der Waals surface area contributed by atoms with Crippen LogP contribution in [0.4, 0.5) is 0 Å². The molecular weight excluding hydrogens is 365 g/mol. The molecule has 2 unspecified atom stereocenters. The summed E-state index contributed by atoms with van der Waals surface area (Å²) in [7, 11) is -1.47. The predicted octanol–water partition coefficient (Wildman–Crippen LogP) is 2.28. The number of aliphatic hydroxyl groups is 1. The highest BCUT2D eigenvalue weighted by Crippen LogP contribution is 2.35. The first kappa shape index (κ1) is 19.8. The summed E-state index contributed by atoms with van der Waals surface area (Å²) in [5.74, 6) is -0.984. The Kier molecular flexibility index (Phi) is 5.82. The molecule has 0 bridgehead atoms. The number of carboxylic acid groups (broad SMARTS) is 1. The third-order valence-corrected chi connectivity index (χ3v) is 6.07. The molecule has 2 aromatic rings. The van der Waals surface area contributed by atoms with Gasteiger partial charge in [-0.05, 0) is 30.2 Å². The van der Waals surface area contributed by atoms with Gasteiger partial charge in [0.15, 0.2) is 0 Å². The summed E-state index contributed by atoms with van der Waals surface area (Å²) in [5, 5.41) is 22.1. The van der Waals surface area contributed by atoms with Crippen molar-refractivity contribution in [2.45, 2.75) is 30.3 Å². The van der Waals surface area contributed by atoms with Gasteiger partial charge < -0.3 is 24.8 Å². The van der Waals surface area contributed by atoms with Crippen LogP contribution in [-0.2, 0) is 21.3 Å². The van der Waals surface area contributed by atoms with E-state index in [9.17, 15) is 19.6 Å². The van der Waals surface area contributed by atoms with Crippen molar-refractivity contribution in [2.75, 3.05) is 13.2 Å². The highest BCUT2D eigenvalue weighted by Gasteiger charge is 2.43. The number of nitrogens with one attached hydrogen (secondary N) is 1. The fraction of sp³-hybridized carbons (Fsp3) is 0.350. The summed E-state index contributed by atoms with van der Waals surface area (Å²) >= 11 is 0. The molecule has 27 heavy (non-hydrogen) atoms. The monoisotopic (exact) mass is 389 g/mol. The van der Waals surface area contributed by atoms with E-state index in [1.54, 1.807) is 18.2 Å². The van der Waals surface area contributed by atoms with Gasteiger partial charge in [-0.1, -0.05) is 42.5 Å². The minimum Gasteiger partial charge on any atom is -0.478 e. The van der Waals surface area contributed by atoms with Crippen molar-refractivity contribution >= 4 is 14.4 Å². The lowest BCUT2D eigenvalue weighted by atomic mass is 9.89. The lowest BCUT2D eigenvalue weighted by molar-refractivity contribution is -0.103. The van der Waals surface area contributed by atoms with Crippen LogP contribution in [-0.4, -0.2) is 40.8 Å². The first-order valence-electron chi connectivity index (χ1n) is 8.79. The van der Waals surface area contributed by atoms with E-state index in [4.69, 9.17) is 4.74 Å². The van der Waals surface area contributed by atoms with Gasteiger partial charge in [0.25, 0.3) is 0 Å². The molecule has 0 radical (unpaired) electrons. The lowest BCUT2D eigenvalue weighted by Gasteiger charge is -2.43. The molecule has 0 aliphatic carbocycles. The van der Waals surface area contributed by atoms with Crippen molar-refractivity contribution in [3.63, 3.8) is 0 Å². The van der Waals surface area contributed by atoms with E-state index in [0.29, 0.717) is 6.54 Å². The highest BCUT2D eigenvalue weighted by atomic mass is 31.1. The number of ether oxygens (including phenoxy) is 1. The van der Waals surface area contributed by atoms with E-state index < -0.39 is 31.4 Å². The Labute approximate surface area is 159 Å². The van der Waals surface area contributed by atoms with Gasteiger partial charge in [0.05, 0.1) is 26.2 Å². The molecule has 1 saturated heterocycles. The lowest BCUT2D eigenvalue weighted by Crippen LogP contribution is -2.59. The minimum atomic E-state index is -1.47. The summed E-state index contributed by atoms with van der Waals surface area (Å²) in [6.07, 6.45) is -0.356. The van der Waals surface area contributed by atoms with E-state index in [1.807, 2.05) is 43.3 Å². The quantitative estimate of drug-likeness (QED) is 0.656. The molecule has 4 atom stereocenters. The van der Waals surface area contributed by atoms with Crippen LogP contribution >= 0.6 is 8.46 Å². The van der Waals surface area contributed by atoms with Gasteiger partial charge in [-0.2, -0.15) is 0 Å². The minimum absolute atomic E-state index is 0.210. The van der Waals surface area contributed by atoms with Crippen molar-refractivity contribution in [3.8, 4) is 0 Å². The maximum Gasteiger partial charge on any atom is 0.335 e. The zero-order valence-electron chi connectivity index (χ0n) is 15.1. The molecule has 0 spiro atoms. The van der Waals surface area contributed by atoms with E-state index in [1.165, 1.54) is 0 Å². The standard InChI is InChI=1S/C20H24NO5P/c1-19(16-9-5-8-15(10-16)18(22)23)13-26-17(12-21-19)20(24,27-25)11-14-6-3-2-4-7-14/h2-10,17,21,24H,11-13,27H2,1H3,(H,22,23)/t17-,19-,20?/m0/s1.